The number of benzene rings is 3. The molecule has 4 rings (SSSR count). The molecule has 36 heavy (non-hydrogen) atoms. The van der Waals surface area contributed by atoms with Crippen LogP contribution < -0.4 is 26.5 Å². The lowest BCUT2D eigenvalue weighted by molar-refractivity contribution is -0.598. The van der Waals surface area contributed by atoms with Crippen molar-refractivity contribution >= 4 is 21.7 Å². The molecule has 0 fully saturated rings. The molecule has 0 saturated heterocycles. The van der Waals surface area contributed by atoms with E-state index < -0.39 is 10.1 Å². The zero-order chi connectivity index (χ0) is 26.5. The molecule has 0 bridgehead atoms. The van der Waals surface area contributed by atoms with Gasteiger partial charge in [-0.15, -0.1) is 0 Å². The van der Waals surface area contributed by atoms with E-state index in [2.05, 4.69) is 55.5 Å². The maximum Gasteiger partial charge on any atom is 0.358 e. The Morgan fingerprint density at radius 1 is 0.889 bits per heavy atom. The highest BCUT2D eigenvalue weighted by molar-refractivity contribution is 7.85. The predicted molar refractivity (Wildman–Crippen MR) is 133 cm³/mol. The molecule has 1 aromatic heterocycles. The number of carbonyl (C=O) groups excluding carboxylic acids is 1. The number of amides is 1. The van der Waals surface area contributed by atoms with Crippen LogP contribution in [0.4, 0.5) is 5.69 Å². The molecule has 7 nitrogen and oxygen atoms in total. The van der Waals surface area contributed by atoms with E-state index in [1.807, 2.05) is 19.1 Å². The molecule has 0 aliphatic heterocycles. The van der Waals surface area contributed by atoms with Gasteiger partial charge in [0.2, 0.25) is 0 Å². The van der Waals surface area contributed by atoms with Crippen molar-refractivity contribution in [2.24, 2.45) is 0 Å². The van der Waals surface area contributed by atoms with Crippen LogP contribution in [0.2, 0.25) is 0 Å². The average Bonchev–Trinajstić information content (AvgIpc) is 3.23. The minimum Gasteiger partial charge on any atom is -0.744 e. The van der Waals surface area contributed by atoms with Gasteiger partial charge in [0.1, 0.15) is 21.4 Å². The molecule has 4 aromatic rings. The largest absolute Gasteiger partial charge is 0.744 e. The molecule has 188 valence electrons. The molecule has 0 unspecified atom stereocenters. The Morgan fingerprint density at radius 3 is 1.97 bits per heavy atom. The topological polar surface area (TPSA) is 112 Å². The Hall–Kier alpha value is -3.02. The van der Waals surface area contributed by atoms with Crippen LogP contribution in [-0.4, -0.2) is 24.0 Å². The minimum absolute atomic E-state index is 0.178. The molecule has 1 heterocycles. The minimum atomic E-state index is -4.27. The van der Waals surface area contributed by atoms with Gasteiger partial charge in [-0.2, -0.15) is 0 Å². The van der Waals surface area contributed by atoms with Gasteiger partial charge in [-0.25, -0.2) is 8.42 Å². The molecule has 0 radical (unpaired) electrons. The third-order valence-electron chi connectivity index (χ3n) is 5.19. The first-order valence-corrected chi connectivity index (χ1v) is 14.6. The van der Waals surface area contributed by atoms with Gasteiger partial charge in [0, 0.05) is 16.8 Å². The maximum absolute atomic E-state index is 12.2. The monoisotopic (exact) mass is 618 g/mol. The second-order valence-corrected chi connectivity index (χ2v) is 12.6. The van der Waals surface area contributed by atoms with E-state index in [0.717, 1.165) is 11.3 Å². The quantitative estimate of drug-likeness (QED) is 0.271. The van der Waals surface area contributed by atoms with Crippen molar-refractivity contribution in [1.82, 2.24) is 5.16 Å². The fourth-order valence-electron chi connectivity index (χ4n) is 3.44. The smallest absolute Gasteiger partial charge is 0.358 e. The van der Waals surface area contributed by atoms with E-state index in [0.29, 0.717) is 11.3 Å². The highest BCUT2D eigenvalue weighted by Gasteiger charge is 2.21. The average molecular weight is 618 g/mol. The highest BCUT2D eigenvalue weighted by Crippen LogP contribution is 2.12. The standard InChI is InChI=1S/C20H19IN2O2.C7H8O3S/c1-12-9-13(2)19(14(3)10-12)21-16-5-7-17(8-6-16)23-20(24)18-11-22-25-15(18)4;1-6-2-4-7(5-3-6)11(8,9)10/h5-11H,1-4H3;2-5H,1H3,(H,8,9,10). The van der Waals surface area contributed by atoms with Gasteiger partial charge < -0.3 is 14.4 Å². The number of halogens is 1. The Bertz CT molecular complexity index is 1440. The first-order valence-electron chi connectivity index (χ1n) is 11.0. The molecular formula is C27H27IN2O5S. The van der Waals surface area contributed by atoms with Crippen molar-refractivity contribution in [1.29, 1.82) is 0 Å². The van der Waals surface area contributed by atoms with Crippen LogP contribution in [0.25, 0.3) is 0 Å². The van der Waals surface area contributed by atoms with Crippen molar-refractivity contribution in [2.45, 2.75) is 39.5 Å². The molecule has 3 aromatic carbocycles. The van der Waals surface area contributed by atoms with Crippen molar-refractivity contribution < 1.29 is 43.5 Å². The summed E-state index contributed by atoms with van der Waals surface area (Å²) in [5, 5.41) is 6.52. The Balaban J connectivity index is 0.000000275. The fraction of sp³-hybridized carbons (Fsp3) is 0.185. The van der Waals surface area contributed by atoms with Gasteiger partial charge >= 0.3 is 21.2 Å². The summed E-state index contributed by atoms with van der Waals surface area (Å²) < 4.78 is 38.9. The summed E-state index contributed by atoms with van der Waals surface area (Å²) in [4.78, 5) is 12.0. The van der Waals surface area contributed by atoms with E-state index in [9.17, 15) is 17.8 Å². The van der Waals surface area contributed by atoms with Crippen molar-refractivity contribution in [2.75, 3.05) is 5.32 Å². The predicted octanol–water partition coefficient (Wildman–Crippen LogP) is 2.19. The summed E-state index contributed by atoms with van der Waals surface area (Å²) in [6.07, 6.45) is 1.44. The lowest BCUT2D eigenvalue weighted by Gasteiger charge is -2.05. The summed E-state index contributed by atoms with van der Waals surface area (Å²) in [6, 6.07) is 18.4. The third-order valence-corrected chi connectivity index (χ3v) is 9.62. The van der Waals surface area contributed by atoms with Gasteiger partial charge in [0.15, 0.2) is 7.14 Å². The number of hydrogen-bond donors (Lipinski definition) is 1. The van der Waals surface area contributed by atoms with Crippen LogP contribution in [0.3, 0.4) is 0 Å². The first-order chi connectivity index (χ1) is 16.9. The van der Waals surface area contributed by atoms with Gasteiger partial charge in [0.25, 0.3) is 5.91 Å². The van der Waals surface area contributed by atoms with E-state index >= 15 is 0 Å². The molecule has 1 N–H and O–H groups in total. The highest BCUT2D eigenvalue weighted by atomic mass is 127. The SMILES string of the molecule is Cc1cc(C)c([I+]c2ccc(NC(=O)c3cnoc3C)cc2)c(C)c1.Cc1ccc(S(=O)(=O)[O-])cc1. The normalized spacial score (nSPS) is 10.9. The van der Waals surface area contributed by atoms with Crippen molar-refractivity contribution in [3.8, 4) is 0 Å². The van der Waals surface area contributed by atoms with E-state index in [1.54, 1.807) is 19.1 Å². The lowest BCUT2D eigenvalue weighted by atomic mass is 10.1. The first kappa shape index (κ1) is 27.6. The lowest BCUT2D eigenvalue weighted by Crippen LogP contribution is -3.62. The van der Waals surface area contributed by atoms with E-state index in [-0.39, 0.29) is 32.0 Å². The van der Waals surface area contributed by atoms with Gasteiger partial charge in [-0.05, 0) is 71.0 Å². The third kappa shape index (κ3) is 7.49. The molecule has 0 atom stereocenters. The van der Waals surface area contributed by atoms with Crippen LogP contribution in [-0.2, 0) is 10.1 Å². The Kier molecular flexibility index (Phi) is 9.04. The number of aromatic nitrogens is 1. The number of carbonyl (C=O) groups is 1. The fourth-order valence-corrected chi connectivity index (χ4v) is 6.41. The van der Waals surface area contributed by atoms with Crippen LogP contribution in [0.5, 0.6) is 0 Å². The number of anilines is 1. The molecular weight excluding hydrogens is 591 g/mol. The van der Waals surface area contributed by atoms with Crippen molar-refractivity contribution in [3.05, 3.63) is 108 Å². The Morgan fingerprint density at radius 2 is 1.47 bits per heavy atom. The van der Waals surface area contributed by atoms with Gasteiger partial charge in [-0.1, -0.05) is 40.5 Å². The van der Waals surface area contributed by atoms with Crippen LogP contribution >= 0.6 is 0 Å². The number of hydrogen-bond acceptors (Lipinski definition) is 6. The summed E-state index contributed by atoms with van der Waals surface area (Å²) in [6.45, 7) is 10.1. The number of rotatable bonds is 5. The summed E-state index contributed by atoms with van der Waals surface area (Å²) >= 11 is -0.241. The van der Waals surface area contributed by atoms with Crippen LogP contribution in [0.1, 0.15) is 38.4 Å². The molecule has 0 aliphatic carbocycles. The number of nitrogens with one attached hydrogen (secondary N) is 1. The Labute approximate surface area is 221 Å². The molecule has 0 aliphatic rings. The van der Waals surface area contributed by atoms with Gasteiger partial charge in [0.05, 0.1) is 11.1 Å². The molecule has 9 heteroatoms. The maximum atomic E-state index is 12.2. The second-order valence-electron chi connectivity index (χ2n) is 8.33. The zero-order valence-corrected chi connectivity index (χ0v) is 23.6. The van der Waals surface area contributed by atoms with Crippen molar-refractivity contribution in [3.63, 3.8) is 0 Å². The van der Waals surface area contributed by atoms with E-state index in [1.165, 1.54) is 42.2 Å². The summed E-state index contributed by atoms with van der Waals surface area (Å²) in [5.41, 5.74) is 6.21. The molecule has 1 amide bonds. The van der Waals surface area contributed by atoms with Gasteiger partial charge in [-0.3, -0.25) is 4.79 Å². The summed E-state index contributed by atoms with van der Waals surface area (Å²) in [7, 11) is -4.27. The number of aryl methyl sites for hydroxylation is 5. The molecule has 0 saturated carbocycles. The zero-order valence-electron chi connectivity index (χ0n) is 20.6. The van der Waals surface area contributed by atoms with E-state index in [4.69, 9.17) is 4.52 Å². The number of nitrogens with zero attached hydrogens (tertiary/aromatic N) is 1. The van der Waals surface area contributed by atoms with Crippen LogP contribution in [0.15, 0.2) is 76.3 Å². The van der Waals surface area contributed by atoms with Crippen LogP contribution in [0, 0.1) is 41.8 Å². The second kappa shape index (κ2) is 11.8. The molecule has 0 spiro atoms. The summed E-state index contributed by atoms with van der Waals surface area (Å²) in [5.74, 6) is 0.316.